The van der Waals surface area contributed by atoms with Gasteiger partial charge in [0.05, 0.1) is 15.5 Å². The molecule has 2 aliphatic heterocycles. The summed E-state index contributed by atoms with van der Waals surface area (Å²) in [7, 11) is -3.60. The fraction of sp³-hybridized carbons (Fsp3) is 0.409. The zero-order chi connectivity index (χ0) is 21.1. The van der Waals surface area contributed by atoms with Gasteiger partial charge in [-0.1, -0.05) is 41.9 Å². The second-order valence-electron chi connectivity index (χ2n) is 7.93. The van der Waals surface area contributed by atoms with Crippen LogP contribution in [0.3, 0.4) is 0 Å². The van der Waals surface area contributed by atoms with Gasteiger partial charge in [-0.15, -0.1) is 0 Å². The average Bonchev–Trinajstić information content (AvgIpc) is 3.42. The Morgan fingerprint density at radius 2 is 1.80 bits per heavy atom. The molecule has 2 aromatic rings. The van der Waals surface area contributed by atoms with E-state index in [1.165, 1.54) is 28.1 Å². The van der Waals surface area contributed by atoms with Crippen LogP contribution in [-0.4, -0.2) is 55.8 Å². The molecular weight excluding hydrogens is 422 g/mol. The summed E-state index contributed by atoms with van der Waals surface area (Å²) >= 11 is 6.24. The Morgan fingerprint density at radius 1 is 1.07 bits per heavy atom. The molecule has 0 saturated carbocycles. The van der Waals surface area contributed by atoms with Crippen molar-refractivity contribution in [1.82, 2.24) is 14.5 Å². The highest BCUT2D eigenvalue weighted by atomic mass is 35.5. The van der Waals surface area contributed by atoms with Crippen LogP contribution in [-0.2, 0) is 16.6 Å². The predicted octanol–water partition coefficient (Wildman–Crippen LogP) is 3.13. The summed E-state index contributed by atoms with van der Waals surface area (Å²) in [5, 5.41) is 3.28. The number of halogens is 1. The first-order valence-corrected chi connectivity index (χ1v) is 12.1. The summed E-state index contributed by atoms with van der Waals surface area (Å²) in [6.45, 7) is 3.54. The molecule has 160 valence electrons. The van der Waals surface area contributed by atoms with Gasteiger partial charge in [0, 0.05) is 38.8 Å². The molecule has 2 aromatic carbocycles. The number of sulfonamides is 1. The van der Waals surface area contributed by atoms with Crippen molar-refractivity contribution in [2.45, 2.75) is 36.7 Å². The lowest BCUT2D eigenvalue weighted by atomic mass is 10.2. The largest absolute Gasteiger partial charge is 0.348 e. The van der Waals surface area contributed by atoms with E-state index in [0.29, 0.717) is 13.1 Å². The van der Waals surface area contributed by atoms with E-state index >= 15 is 0 Å². The standard InChI is InChI=1S/C22H26ClN3O3S/c23-21-9-8-19(30(28,29)26-11-4-5-12-26)14-20(21)22(27)24-18-10-13-25(16-18)15-17-6-2-1-3-7-17/h1-3,6-9,14,18H,4-5,10-13,15-16H2,(H,24,27). The molecular formula is C22H26ClN3O3S. The van der Waals surface area contributed by atoms with Crippen molar-refractivity contribution in [3.8, 4) is 0 Å². The van der Waals surface area contributed by atoms with Gasteiger partial charge in [0.25, 0.3) is 5.91 Å². The number of hydrogen-bond acceptors (Lipinski definition) is 4. The van der Waals surface area contributed by atoms with E-state index in [-0.39, 0.29) is 27.4 Å². The van der Waals surface area contributed by atoms with E-state index in [0.717, 1.165) is 38.9 Å². The first kappa shape index (κ1) is 21.3. The Morgan fingerprint density at radius 3 is 2.53 bits per heavy atom. The van der Waals surface area contributed by atoms with E-state index < -0.39 is 10.0 Å². The van der Waals surface area contributed by atoms with Crippen molar-refractivity contribution >= 4 is 27.5 Å². The van der Waals surface area contributed by atoms with Crippen LogP contribution in [0.4, 0.5) is 0 Å². The minimum absolute atomic E-state index is 0.0103. The number of benzene rings is 2. The molecule has 1 unspecified atom stereocenters. The molecule has 2 saturated heterocycles. The van der Waals surface area contributed by atoms with Gasteiger partial charge in [-0.25, -0.2) is 8.42 Å². The number of carbonyl (C=O) groups is 1. The highest BCUT2D eigenvalue weighted by Crippen LogP contribution is 2.25. The Bertz CT molecular complexity index is 1010. The molecule has 4 rings (SSSR count). The van der Waals surface area contributed by atoms with Crippen molar-refractivity contribution in [2.75, 3.05) is 26.2 Å². The van der Waals surface area contributed by atoms with E-state index in [4.69, 9.17) is 11.6 Å². The number of carbonyl (C=O) groups excluding carboxylic acids is 1. The molecule has 0 bridgehead atoms. The maximum Gasteiger partial charge on any atom is 0.253 e. The fourth-order valence-electron chi connectivity index (χ4n) is 4.12. The third-order valence-electron chi connectivity index (χ3n) is 5.74. The van der Waals surface area contributed by atoms with E-state index in [9.17, 15) is 13.2 Å². The molecule has 6 nitrogen and oxygen atoms in total. The van der Waals surface area contributed by atoms with Crippen LogP contribution in [0.15, 0.2) is 53.4 Å². The van der Waals surface area contributed by atoms with Crippen molar-refractivity contribution in [3.05, 3.63) is 64.7 Å². The molecule has 0 aromatic heterocycles. The molecule has 8 heteroatoms. The fourth-order valence-corrected chi connectivity index (χ4v) is 5.86. The topological polar surface area (TPSA) is 69.7 Å². The van der Waals surface area contributed by atoms with Crippen LogP contribution in [0.25, 0.3) is 0 Å². The predicted molar refractivity (Wildman–Crippen MR) is 117 cm³/mol. The lowest BCUT2D eigenvalue weighted by molar-refractivity contribution is 0.0937. The third-order valence-corrected chi connectivity index (χ3v) is 7.97. The molecule has 1 N–H and O–H groups in total. The van der Waals surface area contributed by atoms with Crippen LogP contribution in [0.1, 0.15) is 35.2 Å². The molecule has 1 amide bonds. The monoisotopic (exact) mass is 447 g/mol. The summed E-state index contributed by atoms with van der Waals surface area (Å²) in [6.07, 6.45) is 2.57. The lowest BCUT2D eigenvalue weighted by Crippen LogP contribution is -2.37. The Kier molecular flexibility index (Phi) is 6.43. The van der Waals surface area contributed by atoms with E-state index in [1.807, 2.05) is 18.2 Å². The van der Waals surface area contributed by atoms with Gasteiger partial charge in [0.1, 0.15) is 0 Å². The number of amides is 1. The van der Waals surface area contributed by atoms with Gasteiger partial charge >= 0.3 is 0 Å². The molecule has 2 aliphatic rings. The van der Waals surface area contributed by atoms with Gasteiger partial charge in [-0.05, 0) is 43.0 Å². The molecule has 2 heterocycles. The van der Waals surface area contributed by atoms with Crippen LogP contribution < -0.4 is 5.32 Å². The van der Waals surface area contributed by atoms with Gasteiger partial charge < -0.3 is 5.32 Å². The summed E-state index contributed by atoms with van der Waals surface area (Å²) in [5.74, 6) is -0.329. The summed E-state index contributed by atoms with van der Waals surface area (Å²) in [6, 6.07) is 14.6. The van der Waals surface area contributed by atoms with Gasteiger partial charge in [-0.2, -0.15) is 4.31 Å². The van der Waals surface area contributed by atoms with Crippen molar-refractivity contribution < 1.29 is 13.2 Å². The Balaban J connectivity index is 1.42. The van der Waals surface area contributed by atoms with Crippen molar-refractivity contribution in [2.24, 2.45) is 0 Å². The third kappa shape index (κ3) is 4.70. The quantitative estimate of drug-likeness (QED) is 0.738. The first-order chi connectivity index (χ1) is 14.4. The zero-order valence-electron chi connectivity index (χ0n) is 16.8. The Labute approximate surface area is 182 Å². The maximum absolute atomic E-state index is 12.9. The van der Waals surface area contributed by atoms with E-state index in [2.05, 4.69) is 22.3 Å². The Hall–Kier alpha value is -1.93. The lowest BCUT2D eigenvalue weighted by Gasteiger charge is -2.18. The van der Waals surface area contributed by atoms with E-state index in [1.54, 1.807) is 0 Å². The SMILES string of the molecule is O=C(NC1CCN(Cc2ccccc2)C1)c1cc(S(=O)(=O)N2CCCC2)ccc1Cl. The summed E-state index contributed by atoms with van der Waals surface area (Å²) < 4.78 is 27.1. The second kappa shape index (κ2) is 9.06. The number of likely N-dealkylation sites (tertiary alicyclic amines) is 1. The second-order valence-corrected chi connectivity index (χ2v) is 10.3. The van der Waals surface area contributed by atoms with Gasteiger partial charge in [-0.3, -0.25) is 9.69 Å². The number of nitrogens with zero attached hydrogens (tertiary/aromatic N) is 2. The minimum Gasteiger partial charge on any atom is -0.348 e. The van der Waals surface area contributed by atoms with Crippen molar-refractivity contribution in [1.29, 1.82) is 0 Å². The molecule has 2 fully saturated rings. The smallest absolute Gasteiger partial charge is 0.253 e. The highest BCUT2D eigenvalue weighted by Gasteiger charge is 2.29. The van der Waals surface area contributed by atoms with Gasteiger partial charge in [0.15, 0.2) is 0 Å². The molecule has 0 radical (unpaired) electrons. The molecule has 0 aliphatic carbocycles. The molecule has 1 atom stereocenters. The number of rotatable bonds is 6. The average molecular weight is 448 g/mol. The molecule has 30 heavy (non-hydrogen) atoms. The van der Waals surface area contributed by atoms with Crippen LogP contribution in [0, 0.1) is 0 Å². The number of hydrogen-bond donors (Lipinski definition) is 1. The summed E-state index contributed by atoms with van der Waals surface area (Å²) in [4.78, 5) is 15.3. The first-order valence-electron chi connectivity index (χ1n) is 10.3. The summed E-state index contributed by atoms with van der Waals surface area (Å²) in [5.41, 5.74) is 1.45. The highest BCUT2D eigenvalue weighted by molar-refractivity contribution is 7.89. The van der Waals surface area contributed by atoms with Crippen LogP contribution in [0.2, 0.25) is 5.02 Å². The zero-order valence-corrected chi connectivity index (χ0v) is 18.3. The van der Waals surface area contributed by atoms with Gasteiger partial charge in [0.2, 0.25) is 10.0 Å². The van der Waals surface area contributed by atoms with Crippen LogP contribution in [0.5, 0.6) is 0 Å². The maximum atomic E-state index is 12.9. The number of nitrogens with one attached hydrogen (secondary N) is 1. The normalized spacial score (nSPS) is 20.5. The molecule has 0 spiro atoms. The minimum atomic E-state index is -3.60. The van der Waals surface area contributed by atoms with Crippen molar-refractivity contribution in [3.63, 3.8) is 0 Å². The van der Waals surface area contributed by atoms with Crippen LogP contribution >= 0.6 is 11.6 Å².